The van der Waals surface area contributed by atoms with Crippen molar-refractivity contribution in [2.75, 3.05) is 38.3 Å². The molecule has 1 amide bonds. The molecule has 0 aliphatic carbocycles. The van der Waals surface area contributed by atoms with Gasteiger partial charge in [0.1, 0.15) is 0 Å². The zero-order chi connectivity index (χ0) is 15.0. The number of aryl methyl sites for hydroxylation is 1. The molecule has 0 atom stereocenters. The first-order chi connectivity index (χ1) is 10.00. The van der Waals surface area contributed by atoms with Crippen molar-refractivity contribution in [3.8, 4) is 0 Å². The van der Waals surface area contributed by atoms with Gasteiger partial charge in [-0.3, -0.25) is 4.79 Å². The third-order valence-electron chi connectivity index (χ3n) is 4.00. The van der Waals surface area contributed by atoms with Crippen molar-refractivity contribution >= 4 is 21.6 Å². The number of hydrogen-bond donors (Lipinski definition) is 0. The van der Waals surface area contributed by atoms with E-state index in [4.69, 9.17) is 4.74 Å². The van der Waals surface area contributed by atoms with E-state index < -0.39 is 10.0 Å². The molecular weight excluding hydrogens is 292 g/mol. The van der Waals surface area contributed by atoms with Crippen LogP contribution in [0.5, 0.6) is 0 Å². The van der Waals surface area contributed by atoms with E-state index in [1.807, 2.05) is 0 Å². The minimum atomic E-state index is -3.48. The molecule has 3 rings (SSSR count). The number of sulfonamides is 1. The summed E-state index contributed by atoms with van der Waals surface area (Å²) in [6.45, 7) is 1.64. The Hall–Kier alpha value is -1.44. The smallest absolute Gasteiger partial charge is 0.243 e. The fourth-order valence-corrected chi connectivity index (χ4v) is 4.19. The van der Waals surface area contributed by atoms with Gasteiger partial charge in [-0.15, -0.1) is 0 Å². The van der Waals surface area contributed by atoms with E-state index >= 15 is 0 Å². The summed E-state index contributed by atoms with van der Waals surface area (Å²) >= 11 is 0. The van der Waals surface area contributed by atoms with Crippen LogP contribution in [0.3, 0.4) is 0 Å². The van der Waals surface area contributed by atoms with Crippen LogP contribution in [0.4, 0.5) is 5.69 Å². The van der Waals surface area contributed by atoms with E-state index in [1.54, 1.807) is 30.1 Å². The first-order valence-electron chi connectivity index (χ1n) is 6.97. The number of fused-ring (bicyclic) bond motifs is 1. The summed E-state index contributed by atoms with van der Waals surface area (Å²) in [5, 5.41) is 0. The summed E-state index contributed by atoms with van der Waals surface area (Å²) in [4.78, 5) is 13.6. The summed E-state index contributed by atoms with van der Waals surface area (Å²) in [6.07, 6.45) is 1.01. The van der Waals surface area contributed by atoms with Gasteiger partial charge >= 0.3 is 0 Å². The largest absolute Gasteiger partial charge is 0.379 e. The minimum Gasteiger partial charge on any atom is -0.379 e. The molecule has 1 aromatic rings. The fraction of sp³-hybridized carbons (Fsp3) is 0.500. The van der Waals surface area contributed by atoms with E-state index in [0.717, 1.165) is 11.3 Å². The predicted octanol–water partition coefficient (Wildman–Crippen LogP) is 0.617. The van der Waals surface area contributed by atoms with Gasteiger partial charge < -0.3 is 9.64 Å². The van der Waals surface area contributed by atoms with Crippen LogP contribution in [-0.2, 0) is 26.0 Å². The number of carbonyl (C=O) groups is 1. The van der Waals surface area contributed by atoms with E-state index in [2.05, 4.69) is 0 Å². The molecule has 7 heteroatoms. The first kappa shape index (κ1) is 14.5. The van der Waals surface area contributed by atoms with E-state index in [0.29, 0.717) is 44.0 Å². The molecular formula is C14H18N2O4S. The number of rotatable bonds is 2. The third kappa shape index (κ3) is 2.56. The monoisotopic (exact) mass is 310 g/mol. The van der Waals surface area contributed by atoms with Crippen LogP contribution in [0.15, 0.2) is 23.1 Å². The lowest BCUT2D eigenvalue weighted by Crippen LogP contribution is -2.40. The van der Waals surface area contributed by atoms with Crippen LogP contribution in [0.1, 0.15) is 12.0 Å². The number of anilines is 1. The first-order valence-corrected chi connectivity index (χ1v) is 8.41. The molecule has 114 valence electrons. The van der Waals surface area contributed by atoms with Crippen LogP contribution < -0.4 is 4.90 Å². The highest BCUT2D eigenvalue weighted by molar-refractivity contribution is 7.89. The van der Waals surface area contributed by atoms with Gasteiger partial charge in [0.15, 0.2) is 0 Å². The molecule has 2 aliphatic rings. The average Bonchev–Trinajstić information content (AvgIpc) is 2.51. The lowest BCUT2D eigenvalue weighted by Gasteiger charge is -2.28. The number of nitrogens with zero attached hydrogens (tertiary/aromatic N) is 2. The average molecular weight is 310 g/mol. The van der Waals surface area contributed by atoms with Gasteiger partial charge in [-0.2, -0.15) is 4.31 Å². The highest BCUT2D eigenvalue weighted by Crippen LogP contribution is 2.30. The zero-order valence-electron chi connectivity index (χ0n) is 11.9. The SMILES string of the molecule is CN1C(=O)CCc2cc(S(=O)(=O)N3CCOCC3)ccc21. The summed E-state index contributed by atoms with van der Waals surface area (Å²) in [6, 6.07) is 5.00. The number of ether oxygens (including phenoxy) is 1. The number of carbonyl (C=O) groups excluding carboxylic acids is 1. The second-order valence-electron chi connectivity index (χ2n) is 5.26. The number of amides is 1. The van der Waals surface area contributed by atoms with Gasteiger partial charge in [-0.1, -0.05) is 0 Å². The van der Waals surface area contributed by atoms with Gasteiger partial charge in [0.05, 0.1) is 18.1 Å². The lowest BCUT2D eigenvalue weighted by atomic mass is 10.0. The maximum absolute atomic E-state index is 12.6. The van der Waals surface area contributed by atoms with Crippen molar-refractivity contribution in [3.05, 3.63) is 23.8 Å². The molecule has 21 heavy (non-hydrogen) atoms. The van der Waals surface area contributed by atoms with Crippen LogP contribution in [-0.4, -0.2) is 52.0 Å². The molecule has 2 heterocycles. The van der Waals surface area contributed by atoms with Crippen molar-refractivity contribution in [2.24, 2.45) is 0 Å². The number of hydrogen-bond acceptors (Lipinski definition) is 4. The summed E-state index contributed by atoms with van der Waals surface area (Å²) in [5.74, 6) is 0.0614. The molecule has 1 saturated heterocycles. The number of benzene rings is 1. The lowest BCUT2D eigenvalue weighted by molar-refractivity contribution is -0.118. The molecule has 0 saturated carbocycles. The quantitative estimate of drug-likeness (QED) is 0.803. The Morgan fingerprint density at radius 2 is 1.86 bits per heavy atom. The molecule has 0 N–H and O–H groups in total. The van der Waals surface area contributed by atoms with Crippen molar-refractivity contribution in [1.29, 1.82) is 0 Å². The Kier molecular flexibility index (Phi) is 3.73. The van der Waals surface area contributed by atoms with Crippen molar-refractivity contribution in [3.63, 3.8) is 0 Å². The molecule has 2 aliphatic heterocycles. The van der Waals surface area contributed by atoms with Crippen molar-refractivity contribution in [1.82, 2.24) is 4.31 Å². The summed E-state index contributed by atoms with van der Waals surface area (Å²) in [7, 11) is -1.76. The molecule has 0 aromatic heterocycles. The topological polar surface area (TPSA) is 66.9 Å². The second-order valence-corrected chi connectivity index (χ2v) is 7.20. The van der Waals surface area contributed by atoms with Crippen LogP contribution in [0.2, 0.25) is 0 Å². The zero-order valence-corrected chi connectivity index (χ0v) is 12.7. The van der Waals surface area contributed by atoms with Gasteiger partial charge in [0.25, 0.3) is 0 Å². The Labute approximate surface area is 124 Å². The molecule has 6 nitrogen and oxygen atoms in total. The fourth-order valence-electron chi connectivity index (χ4n) is 2.73. The number of morpholine rings is 1. The molecule has 0 unspecified atom stereocenters. The van der Waals surface area contributed by atoms with Crippen molar-refractivity contribution < 1.29 is 17.9 Å². The predicted molar refractivity (Wildman–Crippen MR) is 77.8 cm³/mol. The standard InChI is InChI=1S/C14H18N2O4S/c1-15-13-4-3-12(10-11(13)2-5-14(15)17)21(18,19)16-6-8-20-9-7-16/h3-4,10H,2,5-9H2,1H3. The molecule has 0 spiro atoms. The van der Waals surface area contributed by atoms with Gasteiger partial charge in [-0.25, -0.2) is 8.42 Å². The van der Waals surface area contributed by atoms with Crippen molar-refractivity contribution in [2.45, 2.75) is 17.7 Å². The maximum atomic E-state index is 12.6. The van der Waals surface area contributed by atoms with Crippen LogP contribution in [0.25, 0.3) is 0 Å². The van der Waals surface area contributed by atoms with Gasteiger partial charge in [0, 0.05) is 32.2 Å². The maximum Gasteiger partial charge on any atom is 0.243 e. The Balaban J connectivity index is 1.95. The van der Waals surface area contributed by atoms with Gasteiger partial charge in [0.2, 0.25) is 15.9 Å². The Morgan fingerprint density at radius 3 is 2.57 bits per heavy atom. The van der Waals surface area contributed by atoms with E-state index in [1.165, 1.54) is 4.31 Å². The van der Waals surface area contributed by atoms with Crippen LogP contribution >= 0.6 is 0 Å². The summed E-state index contributed by atoms with van der Waals surface area (Å²) < 4.78 is 31.9. The minimum absolute atomic E-state index is 0.0614. The van der Waals surface area contributed by atoms with Crippen LogP contribution in [0, 0.1) is 0 Å². The molecule has 0 bridgehead atoms. The van der Waals surface area contributed by atoms with E-state index in [-0.39, 0.29) is 5.91 Å². The van der Waals surface area contributed by atoms with E-state index in [9.17, 15) is 13.2 Å². The third-order valence-corrected chi connectivity index (χ3v) is 5.90. The second kappa shape index (κ2) is 5.40. The highest BCUT2D eigenvalue weighted by Gasteiger charge is 2.28. The normalized spacial score (nSPS) is 20.4. The Bertz CT molecular complexity index is 666. The highest BCUT2D eigenvalue weighted by atomic mass is 32.2. The summed E-state index contributed by atoms with van der Waals surface area (Å²) in [5.41, 5.74) is 1.71. The van der Waals surface area contributed by atoms with Gasteiger partial charge in [-0.05, 0) is 30.2 Å². The molecule has 1 fully saturated rings. The Morgan fingerprint density at radius 1 is 1.14 bits per heavy atom. The molecule has 0 radical (unpaired) electrons. The molecule has 1 aromatic carbocycles.